The highest BCUT2D eigenvalue weighted by Crippen LogP contribution is 2.24. The van der Waals surface area contributed by atoms with Gasteiger partial charge in [-0.3, -0.25) is 14.9 Å². The van der Waals surface area contributed by atoms with E-state index in [1.165, 1.54) is 0 Å². The third-order valence-corrected chi connectivity index (χ3v) is 4.36. The fraction of sp³-hybridized carbons (Fsp3) is 0.286. The smallest absolute Gasteiger partial charge is 0.325 e. The molecule has 0 aromatic heterocycles. The zero-order chi connectivity index (χ0) is 20.0. The number of nitrogens with one attached hydrogen (secondary N) is 2. The first-order chi connectivity index (χ1) is 12.7. The molecular weight excluding hydrogens is 344 g/mol. The van der Waals surface area contributed by atoms with Crippen LogP contribution in [0.2, 0.25) is 0 Å². The van der Waals surface area contributed by atoms with Crippen molar-refractivity contribution in [2.45, 2.75) is 33.1 Å². The summed E-state index contributed by atoms with van der Waals surface area (Å²) in [6.07, 6.45) is 0. The first-order valence-corrected chi connectivity index (χ1v) is 8.61. The summed E-state index contributed by atoms with van der Waals surface area (Å²) in [5.41, 5.74) is 2.58. The molecule has 6 heteroatoms. The Labute approximate surface area is 158 Å². The Bertz CT molecular complexity index is 845. The van der Waals surface area contributed by atoms with E-state index in [4.69, 9.17) is 4.74 Å². The van der Waals surface area contributed by atoms with Crippen LogP contribution in [0.25, 0.3) is 0 Å². The van der Waals surface area contributed by atoms with E-state index in [1.54, 1.807) is 19.9 Å². The van der Waals surface area contributed by atoms with Crippen molar-refractivity contribution in [3.63, 3.8) is 0 Å². The third kappa shape index (κ3) is 5.41. The largest absolute Gasteiger partial charge is 0.455 e. The fourth-order valence-electron chi connectivity index (χ4n) is 2.43. The van der Waals surface area contributed by atoms with Gasteiger partial charge in [0.2, 0.25) is 0 Å². The molecule has 0 aliphatic carbocycles. The summed E-state index contributed by atoms with van der Waals surface area (Å²) in [5, 5.41) is 4.72. The number of carbonyl (C=O) groups is 3. The maximum atomic E-state index is 12.3. The highest BCUT2D eigenvalue weighted by molar-refractivity contribution is 6.02. The normalized spacial score (nSPS) is 10.8. The van der Waals surface area contributed by atoms with Gasteiger partial charge in [-0.2, -0.15) is 0 Å². The van der Waals surface area contributed by atoms with E-state index in [0.717, 1.165) is 16.7 Å². The molecule has 3 amide bonds. The quantitative estimate of drug-likeness (QED) is 0.792. The number of hydrogen-bond acceptors (Lipinski definition) is 4. The summed E-state index contributed by atoms with van der Waals surface area (Å²) in [6.45, 7) is 6.80. The molecule has 2 aromatic carbocycles. The molecule has 0 aliphatic heterocycles. The van der Waals surface area contributed by atoms with Crippen LogP contribution in [0.15, 0.2) is 48.5 Å². The number of hydrogen-bond donors (Lipinski definition) is 2. The number of carbonyl (C=O) groups excluding carboxylic acids is 3. The van der Waals surface area contributed by atoms with Crippen LogP contribution in [-0.2, 0) is 19.7 Å². The maximum Gasteiger partial charge on any atom is 0.325 e. The molecule has 0 saturated heterocycles. The Morgan fingerprint density at radius 2 is 1.63 bits per heavy atom. The summed E-state index contributed by atoms with van der Waals surface area (Å²) >= 11 is 0. The first kappa shape index (κ1) is 20.2. The minimum atomic E-state index is -0.900. The molecule has 0 atom stereocenters. The van der Waals surface area contributed by atoms with E-state index in [0.29, 0.717) is 5.69 Å². The van der Waals surface area contributed by atoms with Gasteiger partial charge in [0.15, 0.2) is 6.61 Å². The van der Waals surface area contributed by atoms with Crippen LogP contribution >= 0.6 is 0 Å². The Hall–Kier alpha value is -3.15. The zero-order valence-corrected chi connectivity index (χ0v) is 16.0. The van der Waals surface area contributed by atoms with Gasteiger partial charge in [-0.05, 0) is 56.5 Å². The van der Waals surface area contributed by atoms with E-state index in [1.807, 2.05) is 56.3 Å². The van der Waals surface area contributed by atoms with Crippen LogP contribution < -0.4 is 10.6 Å². The van der Waals surface area contributed by atoms with Gasteiger partial charge in [-0.1, -0.05) is 36.4 Å². The van der Waals surface area contributed by atoms with Gasteiger partial charge in [0.05, 0.1) is 5.41 Å². The predicted molar refractivity (Wildman–Crippen MR) is 104 cm³/mol. The lowest BCUT2D eigenvalue weighted by molar-refractivity contribution is -0.153. The van der Waals surface area contributed by atoms with Crippen LogP contribution in [0, 0.1) is 13.8 Å². The van der Waals surface area contributed by atoms with Crippen LogP contribution in [-0.4, -0.2) is 24.5 Å². The van der Waals surface area contributed by atoms with Crippen LogP contribution in [0.1, 0.15) is 30.5 Å². The number of rotatable bonds is 5. The summed E-state index contributed by atoms with van der Waals surface area (Å²) in [7, 11) is 0. The number of esters is 1. The van der Waals surface area contributed by atoms with Crippen LogP contribution in [0.4, 0.5) is 10.5 Å². The van der Waals surface area contributed by atoms with Crippen molar-refractivity contribution in [3.8, 4) is 0 Å². The Morgan fingerprint density at radius 3 is 2.26 bits per heavy atom. The summed E-state index contributed by atoms with van der Waals surface area (Å²) in [6, 6.07) is 13.9. The highest BCUT2D eigenvalue weighted by Gasteiger charge is 2.31. The minimum Gasteiger partial charge on any atom is -0.455 e. The Kier molecular flexibility index (Phi) is 6.34. The van der Waals surface area contributed by atoms with Gasteiger partial charge < -0.3 is 10.1 Å². The van der Waals surface area contributed by atoms with Crippen molar-refractivity contribution in [3.05, 3.63) is 65.2 Å². The van der Waals surface area contributed by atoms with E-state index in [9.17, 15) is 14.4 Å². The number of benzene rings is 2. The van der Waals surface area contributed by atoms with E-state index >= 15 is 0 Å². The fourth-order valence-corrected chi connectivity index (χ4v) is 2.43. The SMILES string of the molecule is Cc1ccc(NC(=O)NC(=O)COC(=O)C(C)(C)c2ccccc2)cc1C. The Balaban J connectivity index is 1.85. The van der Waals surface area contributed by atoms with Gasteiger partial charge >= 0.3 is 12.0 Å². The molecule has 2 aromatic rings. The van der Waals surface area contributed by atoms with E-state index in [-0.39, 0.29) is 0 Å². The van der Waals surface area contributed by atoms with Crippen LogP contribution in [0.5, 0.6) is 0 Å². The molecule has 2 N–H and O–H groups in total. The molecule has 142 valence electrons. The maximum absolute atomic E-state index is 12.3. The number of aryl methyl sites for hydroxylation is 2. The first-order valence-electron chi connectivity index (χ1n) is 8.61. The molecule has 0 saturated carbocycles. The third-order valence-electron chi connectivity index (χ3n) is 4.36. The second-order valence-corrected chi connectivity index (χ2v) is 6.87. The zero-order valence-electron chi connectivity index (χ0n) is 16.0. The molecule has 0 aliphatic rings. The number of amides is 3. The molecule has 0 radical (unpaired) electrons. The van der Waals surface area contributed by atoms with Gasteiger partial charge in [-0.15, -0.1) is 0 Å². The lowest BCUT2D eigenvalue weighted by Gasteiger charge is -2.22. The molecule has 27 heavy (non-hydrogen) atoms. The predicted octanol–water partition coefficient (Wildman–Crippen LogP) is 3.47. The molecule has 0 spiro atoms. The monoisotopic (exact) mass is 368 g/mol. The average molecular weight is 368 g/mol. The summed E-state index contributed by atoms with van der Waals surface area (Å²) < 4.78 is 5.08. The number of ether oxygens (including phenoxy) is 1. The molecule has 2 rings (SSSR count). The number of anilines is 1. The van der Waals surface area contributed by atoms with Crippen LogP contribution in [0.3, 0.4) is 0 Å². The lowest BCUT2D eigenvalue weighted by atomic mass is 9.85. The molecular formula is C21H24N2O4. The average Bonchev–Trinajstić information content (AvgIpc) is 2.63. The molecule has 0 unspecified atom stereocenters. The van der Waals surface area contributed by atoms with Gasteiger partial charge in [0.1, 0.15) is 0 Å². The molecule has 0 bridgehead atoms. The van der Waals surface area contributed by atoms with Gasteiger partial charge in [0.25, 0.3) is 5.91 Å². The summed E-state index contributed by atoms with van der Waals surface area (Å²) in [5.74, 6) is -1.24. The van der Waals surface area contributed by atoms with E-state index in [2.05, 4.69) is 10.6 Å². The standard InChI is InChI=1S/C21H24N2O4/c1-14-10-11-17(12-15(14)2)22-20(26)23-18(24)13-27-19(25)21(3,4)16-8-6-5-7-9-16/h5-12H,13H2,1-4H3,(H2,22,23,24,26). The number of imide groups is 1. The van der Waals surface area contributed by atoms with Crippen molar-refractivity contribution < 1.29 is 19.1 Å². The molecule has 0 heterocycles. The Morgan fingerprint density at radius 1 is 0.963 bits per heavy atom. The van der Waals surface area contributed by atoms with Crippen molar-refractivity contribution >= 4 is 23.6 Å². The highest BCUT2D eigenvalue weighted by atomic mass is 16.5. The van der Waals surface area contributed by atoms with Gasteiger partial charge in [0, 0.05) is 5.69 Å². The van der Waals surface area contributed by atoms with Crippen molar-refractivity contribution in [1.82, 2.24) is 5.32 Å². The second kappa shape index (κ2) is 8.49. The topological polar surface area (TPSA) is 84.5 Å². The lowest BCUT2D eigenvalue weighted by Crippen LogP contribution is -2.39. The molecule has 0 fully saturated rings. The van der Waals surface area contributed by atoms with Crippen molar-refractivity contribution in [1.29, 1.82) is 0 Å². The molecule has 6 nitrogen and oxygen atoms in total. The minimum absolute atomic E-state index is 0.532. The van der Waals surface area contributed by atoms with Gasteiger partial charge in [-0.25, -0.2) is 4.79 Å². The number of urea groups is 1. The van der Waals surface area contributed by atoms with Crippen molar-refractivity contribution in [2.24, 2.45) is 0 Å². The summed E-state index contributed by atoms with van der Waals surface area (Å²) in [4.78, 5) is 36.1. The second-order valence-electron chi connectivity index (χ2n) is 6.87. The van der Waals surface area contributed by atoms with Crippen molar-refractivity contribution in [2.75, 3.05) is 11.9 Å². The van der Waals surface area contributed by atoms with E-state index < -0.39 is 29.9 Å².